The van der Waals surface area contributed by atoms with Gasteiger partial charge < -0.3 is 19.5 Å². The van der Waals surface area contributed by atoms with Crippen LogP contribution in [0.25, 0.3) is 0 Å². The monoisotopic (exact) mass is 334 g/mol. The van der Waals surface area contributed by atoms with Crippen LogP contribution in [0.15, 0.2) is 6.20 Å². The number of ether oxygens (including phenoxy) is 1. The predicted molar refractivity (Wildman–Crippen MR) is 93.3 cm³/mol. The van der Waals surface area contributed by atoms with Crippen molar-refractivity contribution < 1.29 is 9.53 Å². The van der Waals surface area contributed by atoms with Crippen molar-refractivity contribution in [3.63, 3.8) is 0 Å². The Morgan fingerprint density at radius 2 is 2.00 bits per heavy atom. The molecule has 0 bridgehead atoms. The SMILES string of the molecule is CCCNC(=O)N1CCC(n2c(C)cnc2C2CCOCC2)CC1. The molecule has 0 atom stereocenters. The van der Waals surface area contributed by atoms with Gasteiger partial charge in [-0.15, -0.1) is 0 Å². The van der Waals surface area contributed by atoms with Gasteiger partial charge in [-0.05, 0) is 39.0 Å². The van der Waals surface area contributed by atoms with Crippen molar-refractivity contribution in [3.8, 4) is 0 Å². The van der Waals surface area contributed by atoms with Crippen molar-refractivity contribution in [3.05, 3.63) is 17.7 Å². The number of carbonyl (C=O) groups is 1. The van der Waals surface area contributed by atoms with Crippen LogP contribution in [0.4, 0.5) is 4.79 Å². The molecule has 0 spiro atoms. The van der Waals surface area contributed by atoms with Crippen LogP contribution in [0.1, 0.15) is 62.5 Å². The van der Waals surface area contributed by atoms with E-state index in [4.69, 9.17) is 9.72 Å². The summed E-state index contributed by atoms with van der Waals surface area (Å²) in [6, 6.07) is 0.544. The highest BCUT2D eigenvalue weighted by atomic mass is 16.5. The largest absolute Gasteiger partial charge is 0.381 e. The first-order valence-electron chi connectivity index (χ1n) is 9.35. The standard InChI is InChI=1S/C18H30N4O2/c1-3-8-19-18(23)21-9-4-16(5-10-21)22-14(2)13-20-17(22)15-6-11-24-12-7-15/h13,15-16H,3-12H2,1-2H3,(H,19,23). The van der Waals surface area contributed by atoms with E-state index in [1.807, 2.05) is 11.1 Å². The minimum Gasteiger partial charge on any atom is -0.381 e. The van der Waals surface area contributed by atoms with Gasteiger partial charge in [0, 0.05) is 56.7 Å². The van der Waals surface area contributed by atoms with Gasteiger partial charge in [0.2, 0.25) is 0 Å². The Balaban J connectivity index is 1.64. The average Bonchev–Trinajstić information content (AvgIpc) is 3.02. The zero-order chi connectivity index (χ0) is 16.9. The first-order chi connectivity index (χ1) is 11.7. The summed E-state index contributed by atoms with van der Waals surface area (Å²) in [5.41, 5.74) is 1.24. The molecule has 1 N–H and O–H groups in total. The third-order valence-electron chi connectivity index (χ3n) is 5.24. The highest BCUT2D eigenvalue weighted by molar-refractivity contribution is 5.74. The molecule has 0 unspecified atom stereocenters. The molecule has 1 aromatic rings. The molecule has 3 heterocycles. The van der Waals surface area contributed by atoms with Gasteiger partial charge in [0.1, 0.15) is 5.82 Å². The number of likely N-dealkylation sites (tertiary alicyclic amines) is 1. The lowest BCUT2D eigenvalue weighted by atomic mass is 9.97. The second-order valence-corrected chi connectivity index (χ2v) is 6.96. The van der Waals surface area contributed by atoms with E-state index >= 15 is 0 Å². The van der Waals surface area contributed by atoms with Crippen LogP contribution < -0.4 is 5.32 Å². The molecular formula is C18H30N4O2. The van der Waals surface area contributed by atoms with Crippen LogP contribution in [0.2, 0.25) is 0 Å². The van der Waals surface area contributed by atoms with Crippen LogP contribution in [0.3, 0.4) is 0 Å². The fraction of sp³-hybridized carbons (Fsp3) is 0.778. The van der Waals surface area contributed by atoms with Crippen molar-refractivity contribution in [1.82, 2.24) is 19.8 Å². The summed E-state index contributed by atoms with van der Waals surface area (Å²) in [4.78, 5) is 18.8. The summed E-state index contributed by atoms with van der Waals surface area (Å²) in [6.45, 7) is 8.31. The van der Waals surface area contributed by atoms with Gasteiger partial charge >= 0.3 is 6.03 Å². The number of piperidine rings is 1. The maximum atomic E-state index is 12.1. The molecule has 2 aliphatic heterocycles. The van der Waals surface area contributed by atoms with Crippen LogP contribution in [0.5, 0.6) is 0 Å². The molecule has 0 aliphatic carbocycles. The van der Waals surface area contributed by atoms with E-state index in [0.29, 0.717) is 12.0 Å². The summed E-state index contributed by atoms with van der Waals surface area (Å²) >= 11 is 0. The molecule has 3 rings (SSSR count). The van der Waals surface area contributed by atoms with Crippen LogP contribution in [0, 0.1) is 6.92 Å². The summed E-state index contributed by atoms with van der Waals surface area (Å²) in [5.74, 6) is 1.74. The number of aromatic nitrogens is 2. The normalized spacial score (nSPS) is 20.3. The van der Waals surface area contributed by atoms with E-state index in [9.17, 15) is 4.79 Å². The van der Waals surface area contributed by atoms with Crippen LogP contribution >= 0.6 is 0 Å². The molecule has 134 valence electrons. The van der Waals surface area contributed by atoms with E-state index in [1.54, 1.807) is 0 Å². The second kappa shape index (κ2) is 8.01. The Bertz CT molecular complexity index is 543. The number of urea groups is 1. The highest BCUT2D eigenvalue weighted by Crippen LogP contribution is 2.32. The third-order valence-corrected chi connectivity index (χ3v) is 5.24. The van der Waals surface area contributed by atoms with E-state index in [-0.39, 0.29) is 6.03 Å². The fourth-order valence-corrected chi connectivity index (χ4v) is 3.87. The number of hydrogen-bond donors (Lipinski definition) is 1. The molecule has 6 nitrogen and oxygen atoms in total. The van der Waals surface area contributed by atoms with Crippen molar-refractivity contribution in [2.45, 2.75) is 57.9 Å². The molecule has 24 heavy (non-hydrogen) atoms. The molecule has 1 aromatic heterocycles. The number of rotatable bonds is 4. The number of nitrogens with zero attached hydrogens (tertiary/aromatic N) is 3. The third kappa shape index (κ3) is 3.74. The Hall–Kier alpha value is -1.56. The number of nitrogens with one attached hydrogen (secondary N) is 1. The van der Waals surface area contributed by atoms with Crippen molar-refractivity contribution in [2.75, 3.05) is 32.8 Å². The zero-order valence-corrected chi connectivity index (χ0v) is 15.0. The zero-order valence-electron chi connectivity index (χ0n) is 15.0. The highest BCUT2D eigenvalue weighted by Gasteiger charge is 2.29. The Labute approximate surface area is 144 Å². The lowest BCUT2D eigenvalue weighted by Crippen LogP contribution is -2.45. The second-order valence-electron chi connectivity index (χ2n) is 6.96. The molecule has 0 radical (unpaired) electrons. The molecule has 2 aliphatic rings. The number of carbonyl (C=O) groups excluding carboxylic acids is 1. The predicted octanol–water partition coefficient (Wildman–Crippen LogP) is 2.84. The smallest absolute Gasteiger partial charge is 0.317 e. The first kappa shape index (κ1) is 17.3. The minimum absolute atomic E-state index is 0.0855. The maximum absolute atomic E-state index is 12.1. The van der Waals surface area contributed by atoms with E-state index < -0.39 is 0 Å². The maximum Gasteiger partial charge on any atom is 0.317 e. The lowest BCUT2D eigenvalue weighted by Gasteiger charge is -2.35. The van der Waals surface area contributed by atoms with E-state index in [0.717, 1.165) is 65.0 Å². The summed E-state index contributed by atoms with van der Waals surface area (Å²) in [7, 11) is 0. The van der Waals surface area contributed by atoms with Crippen LogP contribution in [-0.2, 0) is 4.74 Å². The lowest BCUT2D eigenvalue weighted by molar-refractivity contribution is 0.0817. The summed E-state index contributed by atoms with van der Waals surface area (Å²) in [5, 5.41) is 2.98. The Morgan fingerprint density at radius 3 is 2.67 bits per heavy atom. The van der Waals surface area contributed by atoms with Crippen molar-refractivity contribution in [2.24, 2.45) is 0 Å². The topological polar surface area (TPSA) is 59.4 Å². The van der Waals surface area contributed by atoms with Crippen molar-refractivity contribution in [1.29, 1.82) is 0 Å². The molecule has 2 fully saturated rings. The van der Waals surface area contributed by atoms with Gasteiger partial charge in [-0.1, -0.05) is 6.92 Å². The number of amides is 2. The quantitative estimate of drug-likeness (QED) is 0.921. The number of imidazole rings is 1. The van der Waals surface area contributed by atoms with Gasteiger partial charge in [-0.25, -0.2) is 9.78 Å². The van der Waals surface area contributed by atoms with Gasteiger partial charge in [-0.2, -0.15) is 0 Å². The molecular weight excluding hydrogens is 304 g/mol. The van der Waals surface area contributed by atoms with Gasteiger partial charge in [0.15, 0.2) is 0 Å². The van der Waals surface area contributed by atoms with E-state index in [2.05, 4.69) is 23.7 Å². The van der Waals surface area contributed by atoms with Crippen LogP contribution in [-0.4, -0.2) is 53.3 Å². The van der Waals surface area contributed by atoms with Gasteiger partial charge in [0.05, 0.1) is 0 Å². The summed E-state index contributed by atoms with van der Waals surface area (Å²) < 4.78 is 7.94. The summed E-state index contributed by atoms with van der Waals surface area (Å²) in [6.07, 6.45) is 7.12. The van der Waals surface area contributed by atoms with Crippen molar-refractivity contribution >= 4 is 6.03 Å². The average molecular weight is 334 g/mol. The molecule has 0 aromatic carbocycles. The first-order valence-corrected chi connectivity index (χ1v) is 9.35. The number of aryl methyl sites for hydroxylation is 1. The molecule has 2 saturated heterocycles. The number of hydrogen-bond acceptors (Lipinski definition) is 3. The fourth-order valence-electron chi connectivity index (χ4n) is 3.87. The molecule has 2 amide bonds. The minimum atomic E-state index is 0.0855. The molecule has 6 heteroatoms. The Morgan fingerprint density at radius 1 is 1.29 bits per heavy atom. The Kier molecular flexibility index (Phi) is 5.76. The van der Waals surface area contributed by atoms with E-state index in [1.165, 1.54) is 11.5 Å². The molecule has 0 saturated carbocycles. The van der Waals surface area contributed by atoms with Gasteiger partial charge in [0.25, 0.3) is 0 Å². The van der Waals surface area contributed by atoms with Gasteiger partial charge in [-0.3, -0.25) is 0 Å².